The van der Waals surface area contributed by atoms with Crippen molar-refractivity contribution < 1.29 is 13.9 Å². The topological polar surface area (TPSA) is 53.6 Å². The van der Waals surface area contributed by atoms with E-state index in [-0.39, 0.29) is 24.1 Å². The molecule has 154 valence electrons. The monoisotopic (exact) mass is 389 g/mol. The van der Waals surface area contributed by atoms with Gasteiger partial charge in [-0.25, -0.2) is 9.18 Å². The van der Waals surface area contributed by atoms with Gasteiger partial charge in [-0.1, -0.05) is 17.7 Å². The molecule has 2 aliphatic rings. The minimum absolute atomic E-state index is 0.0811. The molecule has 0 spiro atoms. The van der Waals surface area contributed by atoms with Crippen LogP contribution >= 0.6 is 0 Å². The number of ether oxygens (including phenoxy) is 1. The molecule has 2 atom stereocenters. The number of allylic oxidation sites excluding steroid dienone is 1. The molecular formula is C22H32FN3O2. The quantitative estimate of drug-likeness (QED) is 0.720. The molecule has 0 radical (unpaired) electrons. The fourth-order valence-electron chi connectivity index (χ4n) is 4.00. The van der Waals surface area contributed by atoms with Gasteiger partial charge in [0.1, 0.15) is 5.82 Å². The summed E-state index contributed by atoms with van der Waals surface area (Å²) in [7, 11) is 0. The Balaban J connectivity index is 1.45. The summed E-state index contributed by atoms with van der Waals surface area (Å²) in [6.07, 6.45) is 8.20. The minimum Gasteiger partial charge on any atom is -0.372 e. The maximum absolute atomic E-state index is 14.6. The highest BCUT2D eigenvalue weighted by Crippen LogP contribution is 2.24. The van der Waals surface area contributed by atoms with Gasteiger partial charge >= 0.3 is 6.03 Å². The molecule has 1 aliphatic heterocycles. The van der Waals surface area contributed by atoms with Gasteiger partial charge in [0.2, 0.25) is 0 Å². The molecule has 5 nitrogen and oxygen atoms in total. The number of benzene rings is 1. The Morgan fingerprint density at radius 1 is 1.21 bits per heavy atom. The lowest BCUT2D eigenvalue weighted by Crippen LogP contribution is -2.45. The number of rotatable bonds is 6. The molecule has 1 aromatic carbocycles. The third-order valence-electron chi connectivity index (χ3n) is 5.34. The van der Waals surface area contributed by atoms with Gasteiger partial charge in [-0.3, -0.25) is 0 Å². The smallest absolute Gasteiger partial charge is 0.315 e. The van der Waals surface area contributed by atoms with E-state index in [2.05, 4.69) is 16.7 Å². The Morgan fingerprint density at radius 3 is 2.68 bits per heavy atom. The van der Waals surface area contributed by atoms with Crippen LogP contribution in [0.3, 0.4) is 0 Å². The van der Waals surface area contributed by atoms with Crippen LogP contribution in [-0.4, -0.2) is 37.9 Å². The predicted octanol–water partition coefficient (Wildman–Crippen LogP) is 4.13. The zero-order valence-electron chi connectivity index (χ0n) is 17.0. The molecule has 2 amide bonds. The second kappa shape index (κ2) is 9.92. The Morgan fingerprint density at radius 2 is 2.00 bits per heavy atom. The molecule has 1 heterocycles. The summed E-state index contributed by atoms with van der Waals surface area (Å²) >= 11 is 0. The first-order chi connectivity index (χ1) is 13.5. The maximum atomic E-state index is 14.6. The van der Waals surface area contributed by atoms with Crippen LogP contribution in [0.4, 0.5) is 14.9 Å². The van der Waals surface area contributed by atoms with Crippen molar-refractivity contribution in [2.75, 3.05) is 24.5 Å². The van der Waals surface area contributed by atoms with Gasteiger partial charge in [0.15, 0.2) is 0 Å². The number of nitrogens with zero attached hydrogens (tertiary/aromatic N) is 1. The van der Waals surface area contributed by atoms with Crippen molar-refractivity contribution in [1.29, 1.82) is 0 Å². The zero-order valence-corrected chi connectivity index (χ0v) is 17.0. The van der Waals surface area contributed by atoms with Crippen molar-refractivity contribution >= 4 is 11.7 Å². The number of halogens is 1. The fourth-order valence-corrected chi connectivity index (χ4v) is 4.00. The van der Waals surface area contributed by atoms with Gasteiger partial charge in [-0.05, 0) is 63.6 Å². The molecule has 2 N–H and O–H groups in total. The summed E-state index contributed by atoms with van der Waals surface area (Å²) in [6, 6.07) is 4.96. The molecule has 1 fully saturated rings. The van der Waals surface area contributed by atoms with Gasteiger partial charge in [0.25, 0.3) is 0 Å². The molecule has 6 heteroatoms. The summed E-state index contributed by atoms with van der Waals surface area (Å²) in [5.74, 6) is -0.259. The Hall–Kier alpha value is -2.08. The van der Waals surface area contributed by atoms with Crippen LogP contribution in [0, 0.1) is 5.82 Å². The predicted molar refractivity (Wildman–Crippen MR) is 110 cm³/mol. The Kier molecular flexibility index (Phi) is 7.31. The number of urea groups is 1. The van der Waals surface area contributed by atoms with Gasteiger partial charge in [-0.15, -0.1) is 0 Å². The maximum Gasteiger partial charge on any atom is 0.315 e. The molecule has 0 aromatic heterocycles. The fraction of sp³-hybridized carbons (Fsp3) is 0.591. The van der Waals surface area contributed by atoms with Crippen molar-refractivity contribution in [3.8, 4) is 0 Å². The molecule has 0 bridgehead atoms. The first kappa shape index (κ1) is 20.6. The van der Waals surface area contributed by atoms with Crippen LogP contribution in [0.25, 0.3) is 0 Å². The number of carbonyl (C=O) groups is 1. The third kappa shape index (κ3) is 5.96. The summed E-state index contributed by atoms with van der Waals surface area (Å²) in [6.45, 7) is 6.31. The standard InChI is InChI=1S/C22H32FN3O2/c1-16-14-26(15-17(2)28-16)21-9-8-19(12-20(21)23)13-25-22(27)24-11-10-18-6-4-3-5-7-18/h6,8-9,12,16-17H,3-5,7,10-11,13-15H2,1-2H3,(H2,24,25,27). The first-order valence-electron chi connectivity index (χ1n) is 10.4. The van der Waals surface area contributed by atoms with Crippen molar-refractivity contribution in [1.82, 2.24) is 10.6 Å². The summed E-state index contributed by atoms with van der Waals surface area (Å²) in [5.41, 5.74) is 2.78. The number of nitrogens with one attached hydrogen (secondary N) is 2. The molecule has 1 aromatic rings. The lowest BCUT2D eigenvalue weighted by atomic mass is 9.97. The van der Waals surface area contributed by atoms with Crippen molar-refractivity contribution in [2.45, 2.75) is 64.7 Å². The van der Waals surface area contributed by atoms with E-state index in [1.165, 1.54) is 24.5 Å². The van der Waals surface area contributed by atoms with Gasteiger partial charge in [0, 0.05) is 26.2 Å². The van der Waals surface area contributed by atoms with Gasteiger partial charge < -0.3 is 20.3 Å². The lowest BCUT2D eigenvalue weighted by molar-refractivity contribution is -0.00539. The second-order valence-electron chi connectivity index (χ2n) is 7.92. The van der Waals surface area contributed by atoms with Gasteiger partial charge in [0.05, 0.1) is 17.9 Å². The van der Waals surface area contributed by atoms with Crippen LogP contribution in [0.1, 0.15) is 51.5 Å². The summed E-state index contributed by atoms with van der Waals surface area (Å²) < 4.78 is 20.3. The van der Waals surface area contributed by atoms with E-state index in [0.717, 1.165) is 24.8 Å². The normalized spacial score (nSPS) is 22.5. The molecule has 3 rings (SSSR count). The van der Waals surface area contributed by atoms with E-state index in [4.69, 9.17) is 4.74 Å². The number of carbonyl (C=O) groups excluding carboxylic acids is 1. The highest BCUT2D eigenvalue weighted by molar-refractivity contribution is 5.73. The van der Waals surface area contributed by atoms with Crippen molar-refractivity contribution in [3.05, 3.63) is 41.2 Å². The van der Waals surface area contributed by atoms with E-state index in [1.807, 2.05) is 24.8 Å². The SMILES string of the molecule is CC1CN(c2ccc(CNC(=O)NCCC3=CCCCC3)cc2F)CC(C)O1. The first-order valence-corrected chi connectivity index (χ1v) is 10.4. The number of amides is 2. The molecule has 0 saturated carbocycles. The average molecular weight is 390 g/mol. The zero-order chi connectivity index (χ0) is 19.9. The van der Waals surface area contributed by atoms with Gasteiger partial charge in [-0.2, -0.15) is 0 Å². The highest BCUT2D eigenvalue weighted by Gasteiger charge is 2.24. The van der Waals surface area contributed by atoms with Crippen molar-refractivity contribution in [3.63, 3.8) is 0 Å². The van der Waals surface area contributed by atoms with E-state index in [0.29, 0.717) is 31.9 Å². The Bertz CT molecular complexity index is 697. The van der Waals surface area contributed by atoms with Crippen LogP contribution in [0.5, 0.6) is 0 Å². The highest BCUT2D eigenvalue weighted by atomic mass is 19.1. The molecular weight excluding hydrogens is 357 g/mol. The minimum atomic E-state index is -0.259. The van der Waals surface area contributed by atoms with Crippen LogP contribution in [0.15, 0.2) is 29.8 Å². The number of anilines is 1. The number of hydrogen-bond acceptors (Lipinski definition) is 3. The number of morpholine rings is 1. The third-order valence-corrected chi connectivity index (χ3v) is 5.34. The van der Waals surface area contributed by atoms with Crippen LogP contribution in [-0.2, 0) is 11.3 Å². The van der Waals surface area contributed by atoms with E-state index in [9.17, 15) is 9.18 Å². The summed E-state index contributed by atoms with van der Waals surface area (Å²) in [4.78, 5) is 14.0. The molecule has 1 saturated heterocycles. The van der Waals surface area contributed by atoms with E-state index >= 15 is 0 Å². The molecule has 1 aliphatic carbocycles. The lowest BCUT2D eigenvalue weighted by Gasteiger charge is -2.37. The van der Waals surface area contributed by atoms with E-state index in [1.54, 1.807) is 6.07 Å². The average Bonchev–Trinajstić information content (AvgIpc) is 2.66. The van der Waals surface area contributed by atoms with Crippen LogP contribution in [0.2, 0.25) is 0 Å². The number of hydrogen-bond donors (Lipinski definition) is 2. The molecule has 2 unspecified atom stereocenters. The summed E-state index contributed by atoms with van der Waals surface area (Å²) in [5, 5.41) is 5.69. The Labute approximate surface area is 167 Å². The van der Waals surface area contributed by atoms with Crippen LogP contribution < -0.4 is 15.5 Å². The largest absolute Gasteiger partial charge is 0.372 e. The van der Waals surface area contributed by atoms with Crippen molar-refractivity contribution in [2.24, 2.45) is 0 Å². The molecule has 28 heavy (non-hydrogen) atoms. The van der Waals surface area contributed by atoms with E-state index < -0.39 is 0 Å². The second-order valence-corrected chi connectivity index (χ2v) is 7.92.